The SMILES string of the molecule is COc1ccc(-n2nc(-c3ccc([N+](=O)[O-])cc3)cc2-c2ccco2)cc1. The van der Waals surface area contributed by atoms with E-state index < -0.39 is 4.92 Å². The molecule has 0 aliphatic carbocycles. The Morgan fingerprint density at radius 2 is 1.81 bits per heavy atom. The van der Waals surface area contributed by atoms with Gasteiger partial charge in [-0.25, -0.2) is 4.68 Å². The van der Waals surface area contributed by atoms with Gasteiger partial charge in [-0.05, 0) is 54.6 Å². The molecule has 0 radical (unpaired) electrons. The van der Waals surface area contributed by atoms with Gasteiger partial charge < -0.3 is 9.15 Å². The summed E-state index contributed by atoms with van der Waals surface area (Å²) in [6, 6.07) is 19.4. The summed E-state index contributed by atoms with van der Waals surface area (Å²) in [6.45, 7) is 0. The monoisotopic (exact) mass is 361 g/mol. The molecule has 2 heterocycles. The van der Waals surface area contributed by atoms with Gasteiger partial charge in [-0.15, -0.1) is 0 Å². The number of ether oxygens (including phenoxy) is 1. The molecule has 0 aliphatic heterocycles. The Kier molecular flexibility index (Phi) is 4.18. The first kappa shape index (κ1) is 16.6. The van der Waals surface area contributed by atoms with Gasteiger partial charge in [0.15, 0.2) is 5.76 Å². The van der Waals surface area contributed by atoms with Crippen molar-refractivity contribution in [1.82, 2.24) is 9.78 Å². The molecule has 4 aromatic rings. The molecular formula is C20H15N3O4. The summed E-state index contributed by atoms with van der Waals surface area (Å²) >= 11 is 0. The lowest BCUT2D eigenvalue weighted by molar-refractivity contribution is -0.384. The van der Waals surface area contributed by atoms with E-state index in [1.807, 2.05) is 42.5 Å². The molecule has 0 fully saturated rings. The second-order valence-electron chi connectivity index (χ2n) is 5.81. The topological polar surface area (TPSA) is 83.3 Å². The minimum absolute atomic E-state index is 0.0413. The zero-order valence-corrected chi connectivity index (χ0v) is 14.4. The van der Waals surface area contributed by atoms with Crippen LogP contribution in [0.3, 0.4) is 0 Å². The number of non-ortho nitro benzene ring substituents is 1. The predicted molar refractivity (Wildman–Crippen MR) is 99.9 cm³/mol. The molecule has 2 aromatic heterocycles. The molecule has 0 unspecified atom stereocenters. The lowest BCUT2D eigenvalue weighted by atomic mass is 10.1. The number of nitro groups is 1. The van der Waals surface area contributed by atoms with E-state index in [2.05, 4.69) is 5.10 Å². The molecule has 0 aliphatic rings. The average molecular weight is 361 g/mol. The van der Waals surface area contributed by atoms with Crippen LogP contribution in [-0.4, -0.2) is 21.8 Å². The number of methoxy groups -OCH3 is 1. The van der Waals surface area contributed by atoms with Gasteiger partial charge in [0.2, 0.25) is 0 Å². The lowest BCUT2D eigenvalue weighted by Gasteiger charge is -2.06. The molecule has 27 heavy (non-hydrogen) atoms. The fraction of sp³-hybridized carbons (Fsp3) is 0.0500. The molecule has 0 amide bonds. The zero-order chi connectivity index (χ0) is 18.8. The van der Waals surface area contributed by atoms with E-state index in [4.69, 9.17) is 9.15 Å². The van der Waals surface area contributed by atoms with E-state index in [1.54, 1.807) is 30.2 Å². The van der Waals surface area contributed by atoms with Crippen LogP contribution in [0.1, 0.15) is 0 Å². The summed E-state index contributed by atoms with van der Waals surface area (Å²) in [5, 5.41) is 15.5. The number of benzene rings is 2. The smallest absolute Gasteiger partial charge is 0.269 e. The number of nitrogens with zero attached hydrogens (tertiary/aromatic N) is 3. The van der Waals surface area contributed by atoms with Gasteiger partial charge >= 0.3 is 0 Å². The molecular weight excluding hydrogens is 346 g/mol. The van der Waals surface area contributed by atoms with Gasteiger partial charge in [0.25, 0.3) is 5.69 Å². The van der Waals surface area contributed by atoms with Gasteiger partial charge in [0.05, 0.1) is 29.7 Å². The molecule has 7 nitrogen and oxygen atoms in total. The average Bonchev–Trinajstić information content (AvgIpc) is 3.38. The highest BCUT2D eigenvalue weighted by Gasteiger charge is 2.16. The molecule has 0 N–H and O–H groups in total. The van der Waals surface area contributed by atoms with Crippen molar-refractivity contribution in [3.63, 3.8) is 0 Å². The molecule has 0 saturated carbocycles. The van der Waals surface area contributed by atoms with Crippen LogP contribution in [0.25, 0.3) is 28.4 Å². The third-order valence-corrected chi connectivity index (χ3v) is 4.17. The van der Waals surface area contributed by atoms with E-state index in [0.29, 0.717) is 11.5 Å². The summed E-state index contributed by atoms with van der Waals surface area (Å²) in [4.78, 5) is 10.4. The van der Waals surface area contributed by atoms with Gasteiger partial charge in [0.1, 0.15) is 11.4 Å². The van der Waals surface area contributed by atoms with Crippen molar-refractivity contribution >= 4 is 5.69 Å². The van der Waals surface area contributed by atoms with E-state index in [1.165, 1.54) is 12.1 Å². The Morgan fingerprint density at radius 3 is 2.41 bits per heavy atom. The standard InChI is InChI=1S/C20H15N3O4/c1-26-17-10-8-15(9-11-17)22-19(20-3-2-12-27-20)13-18(21-22)14-4-6-16(7-5-14)23(24)25/h2-13H,1H3. The van der Waals surface area contributed by atoms with Crippen molar-refractivity contribution in [2.24, 2.45) is 0 Å². The minimum Gasteiger partial charge on any atom is -0.497 e. The quantitative estimate of drug-likeness (QED) is 0.379. The fourth-order valence-electron chi connectivity index (χ4n) is 2.80. The maximum atomic E-state index is 10.9. The Hall–Kier alpha value is -3.87. The zero-order valence-electron chi connectivity index (χ0n) is 14.4. The summed E-state index contributed by atoms with van der Waals surface area (Å²) in [5.41, 5.74) is 3.13. The second-order valence-corrected chi connectivity index (χ2v) is 5.81. The first-order valence-corrected chi connectivity index (χ1v) is 8.19. The molecule has 0 atom stereocenters. The van der Waals surface area contributed by atoms with E-state index in [9.17, 15) is 10.1 Å². The summed E-state index contributed by atoms with van der Waals surface area (Å²) in [5.74, 6) is 1.42. The molecule has 0 saturated heterocycles. The lowest BCUT2D eigenvalue weighted by Crippen LogP contribution is -1.99. The largest absolute Gasteiger partial charge is 0.497 e. The van der Waals surface area contributed by atoms with Crippen LogP contribution >= 0.6 is 0 Å². The molecule has 0 bridgehead atoms. The number of hydrogen-bond donors (Lipinski definition) is 0. The Bertz CT molecular complexity index is 1070. The Morgan fingerprint density at radius 1 is 1.07 bits per heavy atom. The van der Waals surface area contributed by atoms with Crippen molar-refractivity contribution in [3.05, 3.63) is 83.1 Å². The third kappa shape index (κ3) is 3.18. The highest BCUT2D eigenvalue weighted by Crippen LogP contribution is 2.30. The molecule has 134 valence electrons. The Labute approximate surface area is 154 Å². The summed E-state index contributed by atoms with van der Waals surface area (Å²) < 4.78 is 12.5. The van der Waals surface area contributed by atoms with Crippen LogP contribution in [0.5, 0.6) is 5.75 Å². The van der Waals surface area contributed by atoms with Gasteiger partial charge in [-0.2, -0.15) is 5.10 Å². The van der Waals surface area contributed by atoms with Crippen molar-refractivity contribution in [1.29, 1.82) is 0 Å². The highest BCUT2D eigenvalue weighted by atomic mass is 16.6. The van der Waals surface area contributed by atoms with Gasteiger partial charge in [-0.3, -0.25) is 10.1 Å². The van der Waals surface area contributed by atoms with E-state index in [0.717, 1.165) is 22.7 Å². The molecule has 7 heteroatoms. The number of rotatable bonds is 5. The molecule has 0 spiro atoms. The first-order chi connectivity index (χ1) is 13.2. The van der Waals surface area contributed by atoms with Gasteiger partial charge in [0, 0.05) is 17.7 Å². The Balaban J connectivity index is 1.81. The minimum atomic E-state index is -0.423. The van der Waals surface area contributed by atoms with Crippen molar-refractivity contribution in [2.75, 3.05) is 7.11 Å². The number of aromatic nitrogens is 2. The van der Waals surface area contributed by atoms with Crippen LogP contribution in [0.4, 0.5) is 5.69 Å². The number of furan rings is 1. The second kappa shape index (κ2) is 6.80. The summed E-state index contributed by atoms with van der Waals surface area (Å²) in [6.07, 6.45) is 1.60. The van der Waals surface area contributed by atoms with Crippen LogP contribution in [-0.2, 0) is 0 Å². The molecule has 4 rings (SSSR count). The maximum Gasteiger partial charge on any atom is 0.269 e. The van der Waals surface area contributed by atoms with Crippen LogP contribution in [0.15, 0.2) is 77.4 Å². The van der Waals surface area contributed by atoms with Crippen molar-refractivity contribution in [3.8, 4) is 34.1 Å². The van der Waals surface area contributed by atoms with E-state index in [-0.39, 0.29) is 5.69 Å². The molecule has 2 aromatic carbocycles. The number of nitro benzene ring substituents is 1. The van der Waals surface area contributed by atoms with Crippen molar-refractivity contribution in [2.45, 2.75) is 0 Å². The predicted octanol–water partition coefficient (Wildman–Crippen LogP) is 4.72. The fourth-order valence-corrected chi connectivity index (χ4v) is 2.80. The van der Waals surface area contributed by atoms with E-state index >= 15 is 0 Å². The van der Waals surface area contributed by atoms with Crippen LogP contribution in [0.2, 0.25) is 0 Å². The van der Waals surface area contributed by atoms with Crippen LogP contribution in [0, 0.1) is 10.1 Å². The third-order valence-electron chi connectivity index (χ3n) is 4.17. The van der Waals surface area contributed by atoms with Crippen molar-refractivity contribution < 1.29 is 14.1 Å². The maximum absolute atomic E-state index is 10.9. The normalized spacial score (nSPS) is 10.7. The van der Waals surface area contributed by atoms with Gasteiger partial charge in [-0.1, -0.05) is 0 Å². The number of hydrogen-bond acceptors (Lipinski definition) is 5. The first-order valence-electron chi connectivity index (χ1n) is 8.19. The summed E-state index contributed by atoms with van der Waals surface area (Å²) in [7, 11) is 1.61. The van der Waals surface area contributed by atoms with Crippen LogP contribution < -0.4 is 4.74 Å². The highest BCUT2D eigenvalue weighted by molar-refractivity contribution is 5.68.